The summed E-state index contributed by atoms with van der Waals surface area (Å²) in [6.07, 6.45) is 1.61. The molecular weight excluding hydrogens is 264 g/mol. The third-order valence-electron chi connectivity index (χ3n) is 2.71. The van der Waals surface area contributed by atoms with Crippen molar-refractivity contribution in [2.75, 3.05) is 32.0 Å². The van der Waals surface area contributed by atoms with Gasteiger partial charge in [0.15, 0.2) is 0 Å². The summed E-state index contributed by atoms with van der Waals surface area (Å²) in [5.41, 5.74) is 0.723. The summed E-state index contributed by atoms with van der Waals surface area (Å²) >= 11 is 0. The van der Waals surface area contributed by atoms with Crippen LogP contribution in [0.25, 0.3) is 0 Å². The van der Waals surface area contributed by atoms with E-state index in [9.17, 15) is 9.00 Å². The van der Waals surface area contributed by atoms with E-state index in [-0.39, 0.29) is 11.8 Å². The number of hydrogen-bond donors (Lipinski definition) is 0. The van der Waals surface area contributed by atoms with Crippen molar-refractivity contribution < 1.29 is 13.7 Å². The molecule has 1 aliphatic rings. The van der Waals surface area contributed by atoms with Crippen molar-refractivity contribution in [2.24, 2.45) is 0 Å². The number of carbonyl (C=O) groups excluding carboxylic acids is 1. The molecule has 1 amide bonds. The molecule has 1 atom stereocenters. The van der Waals surface area contributed by atoms with Gasteiger partial charge in [-0.1, -0.05) is 0 Å². The summed E-state index contributed by atoms with van der Waals surface area (Å²) in [6.45, 7) is 0. The maximum Gasteiger partial charge on any atom is 0.269 e. The number of anilines is 1. The molecule has 0 N–H and O–H groups in total. The highest BCUT2D eigenvalue weighted by atomic mass is 32.2. The fourth-order valence-corrected chi connectivity index (χ4v) is 3.05. The van der Waals surface area contributed by atoms with Gasteiger partial charge in [-0.3, -0.25) is 13.9 Å². The standard InChI is InChI=1S/C13H16N2O3S/c1-14(2)8-12-13(16)15(9-19(12)17)10-4-6-11(18-3)7-5-10/h4-8H,9H2,1-3H3. The molecule has 0 aliphatic carbocycles. The molecule has 5 nitrogen and oxygen atoms in total. The summed E-state index contributed by atoms with van der Waals surface area (Å²) < 4.78 is 17.0. The monoisotopic (exact) mass is 280 g/mol. The third-order valence-corrected chi connectivity index (χ3v) is 3.97. The molecule has 0 radical (unpaired) electrons. The van der Waals surface area contributed by atoms with Crippen molar-refractivity contribution in [3.63, 3.8) is 0 Å². The first-order valence-corrected chi connectivity index (χ1v) is 7.07. The quantitative estimate of drug-likeness (QED) is 0.779. The lowest BCUT2D eigenvalue weighted by Gasteiger charge is -2.14. The largest absolute Gasteiger partial charge is 0.497 e. The Morgan fingerprint density at radius 3 is 2.47 bits per heavy atom. The molecule has 1 saturated heterocycles. The molecule has 0 spiro atoms. The predicted octanol–water partition coefficient (Wildman–Crippen LogP) is 1.15. The summed E-state index contributed by atoms with van der Waals surface area (Å²) in [5, 5.41) is 0. The normalized spacial score (nSPS) is 21.0. The Bertz CT molecular complexity index is 537. The zero-order valence-corrected chi connectivity index (χ0v) is 11.9. The van der Waals surface area contributed by atoms with Crippen LogP contribution in [0.3, 0.4) is 0 Å². The van der Waals surface area contributed by atoms with Crippen LogP contribution in [0.5, 0.6) is 5.75 Å². The lowest BCUT2D eigenvalue weighted by Crippen LogP contribution is -2.24. The molecule has 1 unspecified atom stereocenters. The number of methoxy groups -OCH3 is 1. The molecule has 1 heterocycles. The number of nitrogens with zero attached hydrogens (tertiary/aromatic N) is 2. The second-order valence-corrected chi connectivity index (χ2v) is 5.75. The molecule has 19 heavy (non-hydrogen) atoms. The van der Waals surface area contributed by atoms with Crippen molar-refractivity contribution in [1.82, 2.24) is 4.90 Å². The predicted molar refractivity (Wildman–Crippen MR) is 75.3 cm³/mol. The minimum absolute atomic E-state index is 0.199. The minimum Gasteiger partial charge on any atom is -0.497 e. The van der Waals surface area contributed by atoms with Gasteiger partial charge in [0, 0.05) is 26.0 Å². The van der Waals surface area contributed by atoms with Crippen LogP contribution in [-0.4, -0.2) is 42.1 Å². The molecule has 1 fully saturated rings. The van der Waals surface area contributed by atoms with Crippen LogP contribution in [0.1, 0.15) is 0 Å². The van der Waals surface area contributed by atoms with Gasteiger partial charge in [-0.15, -0.1) is 0 Å². The van der Waals surface area contributed by atoms with Gasteiger partial charge < -0.3 is 9.64 Å². The molecular formula is C13H16N2O3S. The number of amides is 1. The minimum atomic E-state index is -1.28. The average molecular weight is 280 g/mol. The number of rotatable bonds is 3. The van der Waals surface area contributed by atoms with E-state index >= 15 is 0 Å². The van der Waals surface area contributed by atoms with Crippen LogP contribution in [0.4, 0.5) is 5.69 Å². The maximum atomic E-state index is 12.2. The second kappa shape index (κ2) is 5.44. The zero-order valence-electron chi connectivity index (χ0n) is 11.1. The van der Waals surface area contributed by atoms with Gasteiger partial charge in [0.1, 0.15) is 16.5 Å². The van der Waals surface area contributed by atoms with Crippen LogP contribution in [0, 0.1) is 0 Å². The second-order valence-electron chi connectivity index (χ2n) is 4.36. The van der Waals surface area contributed by atoms with Gasteiger partial charge >= 0.3 is 0 Å². The van der Waals surface area contributed by atoms with Crippen LogP contribution in [0.15, 0.2) is 35.4 Å². The maximum absolute atomic E-state index is 12.2. The summed E-state index contributed by atoms with van der Waals surface area (Å²) in [5.74, 6) is 0.711. The highest BCUT2D eigenvalue weighted by Crippen LogP contribution is 2.26. The Morgan fingerprint density at radius 2 is 1.95 bits per heavy atom. The van der Waals surface area contributed by atoms with Crippen molar-refractivity contribution >= 4 is 22.4 Å². The molecule has 0 bridgehead atoms. The SMILES string of the molecule is COc1ccc(N2CS(=O)C(=CN(C)C)C2=O)cc1. The van der Waals surface area contributed by atoms with E-state index in [1.165, 1.54) is 4.90 Å². The lowest BCUT2D eigenvalue weighted by atomic mass is 10.3. The van der Waals surface area contributed by atoms with Crippen molar-refractivity contribution in [3.05, 3.63) is 35.4 Å². The van der Waals surface area contributed by atoms with Crippen molar-refractivity contribution in [3.8, 4) is 5.75 Å². The molecule has 102 valence electrons. The molecule has 1 aromatic carbocycles. The fourth-order valence-electron chi connectivity index (χ4n) is 1.78. The lowest BCUT2D eigenvalue weighted by molar-refractivity contribution is -0.114. The van der Waals surface area contributed by atoms with Gasteiger partial charge in [0.25, 0.3) is 5.91 Å². The van der Waals surface area contributed by atoms with Gasteiger partial charge in [-0.2, -0.15) is 0 Å². The number of benzene rings is 1. The number of carbonyl (C=O) groups is 1. The Hall–Kier alpha value is -1.82. The zero-order chi connectivity index (χ0) is 14.0. The van der Waals surface area contributed by atoms with E-state index in [2.05, 4.69) is 0 Å². The van der Waals surface area contributed by atoms with Crippen LogP contribution >= 0.6 is 0 Å². The van der Waals surface area contributed by atoms with Gasteiger partial charge in [0.2, 0.25) is 0 Å². The highest BCUT2D eigenvalue weighted by molar-refractivity contribution is 7.90. The fraction of sp³-hybridized carbons (Fsp3) is 0.308. The van der Waals surface area contributed by atoms with E-state index in [4.69, 9.17) is 4.74 Å². The van der Waals surface area contributed by atoms with E-state index < -0.39 is 10.8 Å². The topological polar surface area (TPSA) is 49.9 Å². The Labute approximate surface area is 114 Å². The van der Waals surface area contributed by atoms with Gasteiger partial charge in [-0.05, 0) is 24.3 Å². The van der Waals surface area contributed by atoms with Crippen molar-refractivity contribution in [2.45, 2.75) is 0 Å². The van der Waals surface area contributed by atoms with Crippen LogP contribution in [0.2, 0.25) is 0 Å². The summed E-state index contributed by atoms with van der Waals surface area (Å²) in [6, 6.07) is 7.12. The Kier molecular flexibility index (Phi) is 3.90. The Balaban J connectivity index is 2.27. The third kappa shape index (κ3) is 2.78. The first kappa shape index (κ1) is 13.6. The first-order chi connectivity index (χ1) is 9.02. The van der Waals surface area contributed by atoms with Crippen molar-refractivity contribution in [1.29, 1.82) is 0 Å². The number of hydrogen-bond acceptors (Lipinski definition) is 4. The van der Waals surface area contributed by atoms with Crippen LogP contribution < -0.4 is 9.64 Å². The smallest absolute Gasteiger partial charge is 0.269 e. The van der Waals surface area contributed by atoms with E-state index in [1.807, 2.05) is 0 Å². The average Bonchev–Trinajstić information content (AvgIpc) is 2.66. The molecule has 0 aromatic heterocycles. The van der Waals surface area contributed by atoms with E-state index in [0.717, 1.165) is 11.4 Å². The molecule has 2 rings (SSSR count). The number of ether oxygens (including phenoxy) is 1. The molecule has 0 saturated carbocycles. The summed E-state index contributed by atoms with van der Waals surface area (Å²) in [7, 11) is 3.90. The van der Waals surface area contributed by atoms with E-state index in [0.29, 0.717) is 4.91 Å². The molecule has 6 heteroatoms. The van der Waals surface area contributed by atoms with Crippen LogP contribution in [-0.2, 0) is 15.6 Å². The van der Waals surface area contributed by atoms with Gasteiger partial charge in [-0.25, -0.2) is 0 Å². The van der Waals surface area contributed by atoms with E-state index in [1.54, 1.807) is 56.6 Å². The highest BCUT2D eigenvalue weighted by Gasteiger charge is 2.33. The summed E-state index contributed by atoms with van der Waals surface area (Å²) in [4.78, 5) is 15.8. The molecule has 1 aliphatic heterocycles. The molecule has 1 aromatic rings. The Morgan fingerprint density at radius 1 is 1.32 bits per heavy atom. The first-order valence-electron chi connectivity index (χ1n) is 5.75. The van der Waals surface area contributed by atoms with Gasteiger partial charge in [0.05, 0.1) is 17.9 Å².